The highest BCUT2D eigenvalue weighted by atomic mass is 32.2. The van der Waals surface area contributed by atoms with Gasteiger partial charge in [0.05, 0.1) is 4.88 Å². The molecule has 0 bridgehead atoms. The number of sulfonamides is 1. The zero-order valence-corrected chi connectivity index (χ0v) is 13.1. The van der Waals surface area contributed by atoms with Crippen molar-refractivity contribution >= 4 is 49.5 Å². The second-order valence-corrected chi connectivity index (χ2v) is 8.01. The molecule has 3 heterocycles. The van der Waals surface area contributed by atoms with Gasteiger partial charge in [-0.2, -0.15) is 4.31 Å². The SMILES string of the molecule is CN1C(C(=O)Nc2nccs2)C(=O)c2sccc2S1(=O)=O. The number of nitrogens with zero attached hydrogens (tertiary/aromatic N) is 2. The fourth-order valence-corrected chi connectivity index (χ4v) is 5.19. The lowest BCUT2D eigenvalue weighted by molar-refractivity contribution is -0.118. The van der Waals surface area contributed by atoms with Crippen LogP contribution in [0, 0.1) is 0 Å². The van der Waals surface area contributed by atoms with Crippen molar-refractivity contribution in [2.45, 2.75) is 10.9 Å². The van der Waals surface area contributed by atoms with E-state index in [1.165, 1.54) is 36.0 Å². The molecule has 0 radical (unpaired) electrons. The smallest absolute Gasteiger partial charge is 0.252 e. The van der Waals surface area contributed by atoms with Crippen molar-refractivity contribution in [1.82, 2.24) is 9.29 Å². The first-order chi connectivity index (χ1) is 9.93. The summed E-state index contributed by atoms with van der Waals surface area (Å²) in [5, 5.41) is 5.96. The molecular weight excluding hydrogens is 334 g/mol. The fraction of sp³-hybridized carbons (Fsp3) is 0.182. The molecule has 1 N–H and O–H groups in total. The number of carbonyl (C=O) groups is 2. The maximum absolute atomic E-state index is 12.4. The summed E-state index contributed by atoms with van der Waals surface area (Å²) in [6, 6.07) is -0.0383. The molecule has 1 atom stereocenters. The lowest BCUT2D eigenvalue weighted by Crippen LogP contribution is -2.52. The van der Waals surface area contributed by atoms with Crippen LogP contribution in [0.3, 0.4) is 0 Å². The average molecular weight is 343 g/mol. The van der Waals surface area contributed by atoms with E-state index in [0.29, 0.717) is 5.13 Å². The number of hydrogen-bond donors (Lipinski definition) is 1. The first kappa shape index (κ1) is 14.3. The summed E-state index contributed by atoms with van der Waals surface area (Å²) >= 11 is 2.20. The Labute approximate surface area is 128 Å². The number of likely N-dealkylation sites (N-methyl/N-ethyl adjacent to an activating group) is 1. The molecule has 0 aromatic carbocycles. The van der Waals surface area contributed by atoms with Gasteiger partial charge in [0.15, 0.2) is 11.2 Å². The topological polar surface area (TPSA) is 96.4 Å². The molecule has 1 amide bonds. The molecule has 0 aliphatic carbocycles. The highest BCUT2D eigenvalue weighted by molar-refractivity contribution is 7.89. The van der Waals surface area contributed by atoms with Gasteiger partial charge >= 0.3 is 0 Å². The zero-order valence-electron chi connectivity index (χ0n) is 10.6. The second kappa shape index (κ2) is 4.98. The molecule has 0 fully saturated rings. The number of ketones is 1. The molecule has 0 spiro atoms. The van der Waals surface area contributed by atoms with Crippen molar-refractivity contribution in [1.29, 1.82) is 0 Å². The molecule has 0 saturated carbocycles. The molecular formula is C11H9N3O4S3. The normalized spacial score (nSPS) is 21.0. The first-order valence-corrected chi connectivity index (χ1v) is 8.93. The van der Waals surface area contributed by atoms with Gasteiger partial charge in [0.1, 0.15) is 4.90 Å². The van der Waals surface area contributed by atoms with Gasteiger partial charge in [0, 0.05) is 18.6 Å². The van der Waals surface area contributed by atoms with E-state index in [9.17, 15) is 18.0 Å². The maximum atomic E-state index is 12.4. The number of hydrogen-bond acceptors (Lipinski definition) is 7. The van der Waals surface area contributed by atoms with E-state index in [2.05, 4.69) is 10.3 Å². The minimum Gasteiger partial charge on any atom is -0.300 e. The molecule has 10 heteroatoms. The van der Waals surface area contributed by atoms with E-state index in [0.717, 1.165) is 15.6 Å². The standard InChI is InChI=1S/C11H9N3O4S3/c1-14-7(10(16)13-11-12-3-5-20-11)8(15)9-6(2-4-19-9)21(14,17)18/h2-5,7H,1H3,(H,12,13,16). The number of thiophene rings is 1. The molecule has 0 saturated heterocycles. The van der Waals surface area contributed by atoms with Crippen LogP contribution in [0.2, 0.25) is 0 Å². The third kappa shape index (κ3) is 2.20. The number of Topliss-reactive ketones (excluding diaryl/α,β-unsaturated/α-hetero) is 1. The fourth-order valence-electron chi connectivity index (χ4n) is 2.01. The van der Waals surface area contributed by atoms with E-state index in [1.807, 2.05) is 0 Å². The van der Waals surface area contributed by atoms with Gasteiger partial charge < -0.3 is 5.32 Å². The van der Waals surface area contributed by atoms with Crippen LogP contribution in [-0.4, -0.2) is 42.5 Å². The van der Waals surface area contributed by atoms with Crippen molar-refractivity contribution in [3.05, 3.63) is 27.9 Å². The van der Waals surface area contributed by atoms with Crippen LogP contribution < -0.4 is 5.32 Å². The molecule has 110 valence electrons. The van der Waals surface area contributed by atoms with Gasteiger partial charge in [0.25, 0.3) is 5.91 Å². The summed E-state index contributed by atoms with van der Waals surface area (Å²) in [7, 11) is -2.62. The highest BCUT2D eigenvalue weighted by Crippen LogP contribution is 2.33. The predicted molar refractivity (Wildman–Crippen MR) is 78.1 cm³/mol. The molecule has 3 rings (SSSR count). The quantitative estimate of drug-likeness (QED) is 0.822. The van der Waals surface area contributed by atoms with E-state index < -0.39 is 27.8 Å². The number of fused-ring (bicyclic) bond motifs is 1. The lowest BCUT2D eigenvalue weighted by atomic mass is 10.1. The van der Waals surface area contributed by atoms with Crippen molar-refractivity contribution in [3.63, 3.8) is 0 Å². The van der Waals surface area contributed by atoms with Gasteiger partial charge in [-0.1, -0.05) is 0 Å². The van der Waals surface area contributed by atoms with E-state index in [-0.39, 0.29) is 9.77 Å². The zero-order chi connectivity index (χ0) is 15.2. The Morgan fingerprint density at radius 2 is 2.14 bits per heavy atom. The van der Waals surface area contributed by atoms with Crippen LogP contribution >= 0.6 is 22.7 Å². The first-order valence-electron chi connectivity index (χ1n) is 5.73. The molecule has 1 aliphatic heterocycles. The molecule has 2 aromatic heterocycles. The second-order valence-electron chi connectivity index (χ2n) is 4.23. The third-order valence-electron chi connectivity index (χ3n) is 3.03. The van der Waals surface area contributed by atoms with Crippen molar-refractivity contribution < 1.29 is 18.0 Å². The van der Waals surface area contributed by atoms with E-state index in [1.54, 1.807) is 5.38 Å². The molecule has 21 heavy (non-hydrogen) atoms. The summed E-state index contributed by atoms with van der Waals surface area (Å²) in [6.07, 6.45) is 1.50. The monoisotopic (exact) mass is 343 g/mol. The van der Waals surface area contributed by atoms with Crippen LogP contribution in [0.5, 0.6) is 0 Å². The Balaban J connectivity index is 2.00. The van der Waals surface area contributed by atoms with Gasteiger partial charge in [-0.25, -0.2) is 13.4 Å². The number of rotatable bonds is 2. The van der Waals surface area contributed by atoms with Crippen molar-refractivity contribution in [2.24, 2.45) is 0 Å². The Morgan fingerprint density at radius 3 is 2.81 bits per heavy atom. The van der Waals surface area contributed by atoms with Gasteiger partial charge in [-0.15, -0.1) is 22.7 Å². The van der Waals surface area contributed by atoms with Crippen LogP contribution in [0.1, 0.15) is 9.67 Å². The van der Waals surface area contributed by atoms with Crippen LogP contribution in [0.25, 0.3) is 0 Å². The average Bonchev–Trinajstić information content (AvgIpc) is 3.07. The Morgan fingerprint density at radius 1 is 1.38 bits per heavy atom. The predicted octanol–water partition coefficient (Wildman–Crippen LogP) is 1.03. The van der Waals surface area contributed by atoms with Crippen LogP contribution in [0.15, 0.2) is 27.9 Å². The lowest BCUT2D eigenvalue weighted by Gasteiger charge is -2.29. The number of anilines is 1. The number of amides is 1. The number of aromatic nitrogens is 1. The molecule has 7 nitrogen and oxygen atoms in total. The number of nitrogens with one attached hydrogen (secondary N) is 1. The van der Waals surface area contributed by atoms with Crippen LogP contribution in [0.4, 0.5) is 5.13 Å². The van der Waals surface area contributed by atoms with E-state index in [4.69, 9.17) is 0 Å². The maximum Gasteiger partial charge on any atom is 0.252 e. The Hall–Kier alpha value is -1.62. The highest BCUT2D eigenvalue weighted by Gasteiger charge is 2.46. The van der Waals surface area contributed by atoms with Crippen molar-refractivity contribution in [2.75, 3.05) is 12.4 Å². The molecule has 1 unspecified atom stereocenters. The van der Waals surface area contributed by atoms with E-state index >= 15 is 0 Å². The van der Waals surface area contributed by atoms with Crippen molar-refractivity contribution in [3.8, 4) is 0 Å². The minimum absolute atomic E-state index is 0.0432. The summed E-state index contributed by atoms with van der Waals surface area (Å²) < 4.78 is 25.4. The van der Waals surface area contributed by atoms with Gasteiger partial charge in [-0.3, -0.25) is 9.59 Å². The Bertz CT molecular complexity index is 810. The summed E-state index contributed by atoms with van der Waals surface area (Å²) in [5.74, 6) is -1.23. The van der Waals surface area contributed by atoms with Crippen LogP contribution in [-0.2, 0) is 14.8 Å². The van der Waals surface area contributed by atoms with Gasteiger partial charge in [0.2, 0.25) is 15.8 Å². The summed E-state index contributed by atoms with van der Waals surface area (Å²) in [4.78, 5) is 28.5. The number of carbonyl (C=O) groups excluding carboxylic acids is 2. The minimum atomic E-state index is -3.84. The largest absolute Gasteiger partial charge is 0.300 e. The molecule has 1 aliphatic rings. The Kier molecular flexibility index (Phi) is 3.40. The third-order valence-corrected chi connectivity index (χ3v) is 6.64. The summed E-state index contributed by atoms with van der Waals surface area (Å²) in [6.45, 7) is 0. The summed E-state index contributed by atoms with van der Waals surface area (Å²) in [5.41, 5.74) is 0. The van der Waals surface area contributed by atoms with Gasteiger partial charge in [-0.05, 0) is 11.4 Å². The molecule has 2 aromatic rings. The number of thiazole rings is 1.